The summed E-state index contributed by atoms with van der Waals surface area (Å²) < 4.78 is 34.8. The van der Waals surface area contributed by atoms with Gasteiger partial charge in [0.1, 0.15) is 22.5 Å². The van der Waals surface area contributed by atoms with Crippen molar-refractivity contribution in [2.24, 2.45) is 0 Å². The molecule has 2 aromatic heterocycles. The number of carbonyl (C=O) groups excluding carboxylic acids is 1. The number of aromatic nitrogens is 3. The summed E-state index contributed by atoms with van der Waals surface area (Å²) in [5.41, 5.74) is 2.32. The number of ether oxygens (including phenoxy) is 1. The molecular weight excluding hydrogens is 629 g/mol. The second kappa shape index (κ2) is 23.2. The number of para-hydroxylation sites is 1. The van der Waals surface area contributed by atoms with E-state index in [0.717, 1.165) is 17.7 Å². The highest BCUT2D eigenvalue weighted by molar-refractivity contribution is 6.33. The molecule has 0 aliphatic rings. The Labute approximate surface area is 276 Å². The topological polar surface area (TPSA) is 59.7 Å². The summed E-state index contributed by atoms with van der Waals surface area (Å²) in [5, 5.41) is 4.24. The van der Waals surface area contributed by atoms with Crippen LogP contribution in [0.5, 0.6) is 0 Å². The number of halogens is 5. The molecule has 0 radical (unpaired) electrons. The van der Waals surface area contributed by atoms with E-state index in [-0.39, 0.29) is 29.2 Å². The maximum Gasteiger partial charge on any atom is 0.358 e. The van der Waals surface area contributed by atoms with E-state index in [1.165, 1.54) is 17.0 Å². The summed E-state index contributed by atoms with van der Waals surface area (Å²) >= 11 is 16.7. The average molecular weight is 674 g/mol. The molecule has 0 atom stereocenters. The van der Waals surface area contributed by atoms with Crippen LogP contribution < -0.4 is 4.90 Å². The highest BCUT2D eigenvalue weighted by atomic mass is 35.5. The van der Waals surface area contributed by atoms with Crippen LogP contribution in [0.1, 0.15) is 71.4 Å². The van der Waals surface area contributed by atoms with Gasteiger partial charge in [-0.05, 0) is 44.5 Å². The average Bonchev–Trinajstić information content (AvgIpc) is 3.48. The third kappa shape index (κ3) is 11.4. The van der Waals surface area contributed by atoms with E-state index in [2.05, 4.69) is 28.3 Å². The molecule has 0 unspecified atom stereocenters. The zero-order valence-corrected chi connectivity index (χ0v) is 29.8. The second-order valence-corrected chi connectivity index (χ2v) is 8.43. The molecule has 244 valence electrons. The van der Waals surface area contributed by atoms with Gasteiger partial charge in [0, 0.05) is 31.1 Å². The molecule has 2 heterocycles. The third-order valence-electron chi connectivity index (χ3n) is 5.04. The van der Waals surface area contributed by atoms with Gasteiger partial charge in [-0.25, -0.2) is 18.6 Å². The molecule has 0 spiro atoms. The van der Waals surface area contributed by atoms with Crippen molar-refractivity contribution in [3.05, 3.63) is 88.1 Å². The fourth-order valence-corrected chi connectivity index (χ4v) is 3.97. The molecule has 0 N–H and O–H groups in total. The van der Waals surface area contributed by atoms with Crippen molar-refractivity contribution < 1.29 is 18.3 Å². The number of aryl methyl sites for hydroxylation is 1. The first kappa shape index (κ1) is 42.9. The molecule has 0 aliphatic heterocycles. The van der Waals surface area contributed by atoms with E-state index in [0.29, 0.717) is 16.5 Å². The quantitative estimate of drug-likeness (QED) is 0.0913. The van der Waals surface area contributed by atoms with Crippen molar-refractivity contribution in [2.45, 2.75) is 62.3 Å². The summed E-state index contributed by atoms with van der Waals surface area (Å²) in [6, 6.07) is 10.7. The Balaban J connectivity index is 0. The van der Waals surface area contributed by atoms with Crippen LogP contribution in [-0.2, 0) is 4.74 Å². The van der Waals surface area contributed by atoms with E-state index in [1.807, 2.05) is 67.5 Å². The third-order valence-corrected chi connectivity index (χ3v) is 5.71. The lowest BCUT2D eigenvalue weighted by molar-refractivity contribution is 0.0519. The largest absolute Gasteiger partial charge is 0.461 e. The maximum absolute atomic E-state index is 14.2. The van der Waals surface area contributed by atoms with Crippen molar-refractivity contribution in [3.63, 3.8) is 0 Å². The Bertz CT molecular complexity index is 1400. The first-order valence-electron chi connectivity index (χ1n) is 14.3. The number of carbonyl (C=O) groups is 1. The van der Waals surface area contributed by atoms with Crippen LogP contribution in [0.3, 0.4) is 0 Å². The first-order valence-corrected chi connectivity index (χ1v) is 15.8. The Kier molecular flexibility index (Phi) is 22.7. The maximum atomic E-state index is 14.2. The monoisotopic (exact) mass is 672 g/mol. The molecule has 11 heteroatoms. The normalized spacial score (nSPS) is 9.18. The van der Waals surface area contributed by atoms with Gasteiger partial charge in [0.25, 0.3) is 0 Å². The summed E-state index contributed by atoms with van der Waals surface area (Å²) in [6.45, 7) is 21.0. The number of hydrogen-bond acceptors (Lipinski definition) is 5. The van der Waals surface area contributed by atoms with E-state index in [1.54, 1.807) is 37.1 Å². The molecule has 4 rings (SSSR count). The summed E-state index contributed by atoms with van der Waals surface area (Å²) in [6.07, 6.45) is 3.22. The van der Waals surface area contributed by atoms with Crippen LogP contribution in [0.15, 0.2) is 55.1 Å². The lowest BCUT2D eigenvalue weighted by Gasteiger charge is -2.24. The summed E-state index contributed by atoms with van der Waals surface area (Å²) in [7, 11) is 1.77. The second-order valence-electron chi connectivity index (χ2n) is 7.65. The predicted molar refractivity (Wildman–Crippen MR) is 185 cm³/mol. The SMILES string of the molecule is C=CC.CC.CC.CC.CCOC(=O)c1cc2nc(-c3cc(F)c(Cl)c(F)c3)cc(N(C)c3c(C)cccc3Cl)n2n1.CCl. The molecule has 0 bridgehead atoms. The minimum atomic E-state index is -0.911. The lowest BCUT2D eigenvalue weighted by atomic mass is 10.1. The minimum Gasteiger partial charge on any atom is -0.461 e. The minimum absolute atomic E-state index is 0.0421. The number of rotatable bonds is 5. The van der Waals surface area contributed by atoms with Gasteiger partial charge in [-0.15, -0.1) is 18.2 Å². The lowest BCUT2D eigenvalue weighted by Crippen LogP contribution is -2.16. The van der Waals surface area contributed by atoms with Crippen molar-refractivity contribution >= 4 is 57.9 Å². The standard InChI is InChI=1S/C23H18Cl2F2N4O2.C3H6.3C2H6.CH3Cl/c1-4-33-23(32)18-10-19-28-17(13-8-15(26)21(25)16(27)9-13)11-20(31(19)29-18)30(3)22-12(2)6-5-7-14(22)24;1-3-2;4*1-2/h5-11H,4H2,1-3H3;3H,1H2,2H3;3*1-2H3;1H3. The molecule has 0 aliphatic carbocycles. The smallest absolute Gasteiger partial charge is 0.358 e. The molecule has 44 heavy (non-hydrogen) atoms. The Morgan fingerprint density at radius 1 is 1.02 bits per heavy atom. The Hall–Kier alpha value is -3.20. The van der Waals surface area contributed by atoms with Gasteiger partial charge in [0.05, 0.1) is 23.0 Å². The van der Waals surface area contributed by atoms with Crippen molar-refractivity contribution in [1.82, 2.24) is 14.6 Å². The molecule has 0 amide bonds. The van der Waals surface area contributed by atoms with Gasteiger partial charge in [-0.2, -0.15) is 9.61 Å². The highest BCUT2D eigenvalue weighted by Gasteiger charge is 2.21. The van der Waals surface area contributed by atoms with E-state index in [9.17, 15) is 13.6 Å². The summed E-state index contributed by atoms with van der Waals surface area (Å²) in [5.74, 6) is -1.98. The van der Waals surface area contributed by atoms with Gasteiger partial charge >= 0.3 is 5.97 Å². The van der Waals surface area contributed by atoms with Gasteiger partial charge in [-0.3, -0.25) is 0 Å². The zero-order valence-electron chi connectivity index (χ0n) is 27.5. The number of alkyl halides is 1. The summed E-state index contributed by atoms with van der Waals surface area (Å²) in [4.78, 5) is 18.5. The molecule has 4 aromatic rings. The number of nitrogens with zero attached hydrogens (tertiary/aromatic N) is 4. The molecule has 0 saturated carbocycles. The van der Waals surface area contributed by atoms with Gasteiger partial charge in [0.15, 0.2) is 11.3 Å². The fraction of sp³-hybridized carbons (Fsp3) is 0.364. The predicted octanol–water partition coefficient (Wildman–Crippen LogP) is 11.4. The van der Waals surface area contributed by atoms with Crippen molar-refractivity contribution in [1.29, 1.82) is 0 Å². The van der Waals surface area contributed by atoms with Gasteiger partial charge in [0.2, 0.25) is 0 Å². The molecule has 0 fully saturated rings. The van der Waals surface area contributed by atoms with Crippen LogP contribution in [0.2, 0.25) is 10.0 Å². The van der Waals surface area contributed by atoms with Crippen LogP contribution in [0.25, 0.3) is 16.9 Å². The van der Waals surface area contributed by atoms with Gasteiger partial charge in [-0.1, -0.05) is 83.0 Å². The van der Waals surface area contributed by atoms with Crippen LogP contribution >= 0.6 is 34.8 Å². The molecule has 2 aromatic carbocycles. The number of fused-ring (bicyclic) bond motifs is 1. The van der Waals surface area contributed by atoms with Crippen LogP contribution in [-0.4, -0.2) is 40.6 Å². The van der Waals surface area contributed by atoms with E-state index < -0.39 is 22.6 Å². The number of hydrogen-bond donors (Lipinski definition) is 0. The Morgan fingerprint density at radius 2 is 1.55 bits per heavy atom. The number of esters is 1. The van der Waals surface area contributed by atoms with Crippen molar-refractivity contribution in [3.8, 4) is 11.3 Å². The number of allylic oxidation sites excluding steroid dienone is 1. The van der Waals surface area contributed by atoms with Gasteiger partial charge < -0.3 is 9.64 Å². The van der Waals surface area contributed by atoms with Crippen LogP contribution in [0.4, 0.5) is 20.3 Å². The zero-order chi connectivity index (χ0) is 34.6. The van der Waals surface area contributed by atoms with E-state index in [4.69, 9.17) is 27.9 Å². The fourth-order valence-electron chi connectivity index (χ4n) is 3.52. The van der Waals surface area contributed by atoms with E-state index >= 15 is 0 Å². The molecule has 6 nitrogen and oxygen atoms in total. The number of benzene rings is 2. The molecule has 0 saturated heterocycles. The first-order chi connectivity index (χ1) is 21.1. The number of anilines is 2. The Morgan fingerprint density at radius 3 is 2.02 bits per heavy atom. The highest BCUT2D eigenvalue weighted by Crippen LogP contribution is 2.36. The van der Waals surface area contributed by atoms with Crippen molar-refractivity contribution in [2.75, 3.05) is 24.9 Å². The van der Waals surface area contributed by atoms with Crippen LogP contribution in [0, 0.1) is 18.6 Å². The molecular formula is C33H45Cl3F2N4O2.